The van der Waals surface area contributed by atoms with E-state index in [-0.39, 0.29) is 6.42 Å². The van der Waals surface area contributed by atoms with Crippen molar-refractivity contribution in [1.82, 2.24) is 5.32 Å². The topological polar surface area (TPSA) is 121 Å². The van der Waals surface area contributed by atoms with E-state index in [1.165, 1.54) is 0 Å². The number of hydrogen-bond acceptors (Lipinski definition) is 4. The Morgan fingerprint density at radius 2 is 1.90 bits per heavy atom. The van der Waals surface area contributed by atoms with E-state index in [4.69, 9.17) is 21.3 Å². The van der Waals surface area contributed by atoms with Crippen molar-refractivity contribution >= 4 is 33.6 Å². The Bertz CT molecular complexity index is 615. The SMILES string of the molecule is O=C(Cc1ccccc1Cl)NC(CS(=O)(=O)O)C(=O)O. The van der Waals surface area contributed by atoms with Crippen LogP contribution >= 0.6 is 11.6 Å². The van der Waals surface area contributed by atoms with Gasteiger partial charge in [0.05, 0.1) is 6.42 Å². The van der Waals surface area contributed by atoms with E-state index in [2.05, 4.69) is 0 Å². The molecule has 0 radical (unpaired) electrons. The fourth-order valence-electron chi connectivity index (χ4n) is 1.45. The maximum absolute atomic E-state index is 11.7. The van der Waals surface area contributed by atoms with Crippen molar-refractivity contribution in [2.45, 2.75) is 12.5 Å². The molecule has 9 heteroatoms. The average Bonchev–Trinajstić information content (AvgIpc) is 2.29. The van der Waals surface area contributed by atoms with Crippen LogP contribution < -0.4 is 5.32 Å². The summed E-state index contributed by atoms with van der Waals surface area (Å²) in [5, 5.41) is 11.1. The highest BCUT2D eigenvalue weighted by molar-refractivity contribution is 7.85. The quantitative estimate of drug-likeness (QED) is 0.650. The third kappa shape index (κ3) is 5.55. The van der Waals surface area contributed by atoms with Crippen LogP contribution in [0.15, 0.2) is 24.3 Å². The van der Waals surface area contributed by atoms with Crippen LogP contribution in [0.4, 0.5) is 0 Å². The van der Waals surface area contributed by atoms with Crippen LogP contribution in [0.3, 0.4) is 0 Å². The number of nitrogens with one attached hydrogen (secondary N) is 1. The van der Waals surface area contributed by atoms with E-state index >= 15 is 0 Å². The number of aliphatic carboxylic acids is 1. The number of rotatable bonds is 6. The molecule has 7 nitrogen and oxygen atoms in total. The number of amides is 1. The van der Waals surface area contributed by atoms with E-state index in [0.29, 0.717) is 10.6 Å². The second-order valence-corrected chi connectivity index (χ2v) is 5.88. The molecule has 1 aromatic rings. The minimum Gasteiger partial charge on any atom is -0.480 e. The van der Waals surface area contributed by atoms with Crippen molar-refractivity contribution in [2.24, 2.45) is 0 Å². The zero-order valence-electron chi connectivity index (χ0n) is 10.1. The molecule has 1 atom stereocenters. The summed E-state index contributed by atoms with van der Waals surface area (Å²) in [5.74, 6) is -3.37. The Morgan fingerprint density at radius 3 is 2.40 bits per heavy atom. The zero-order chi connectivity index (χ0) is 15.3. The number of carboxylic acid groups (broad SMARTS) is 1. The molecule has 20 heavy (non-hydrogen) atoms. The van der Waals surface area contributed by atoms with Gasteiger partial charge in [0.2, 0.25) is 5.91 Å². The van der Waals surface area contributed by atoms with Crippen molar-refractivity contribution < 1.29 is 27.7 Å². The Hall–Kier alpha value is -1.64. The van der Waals surface area contributed by atoms with E-state index in [1.54, 1.807) is 24.3 Å². The minimum absolute atomic E-state index is 0.199. The first-order valence-corrected chi connectivity index (χ1v) is 7.38. The molecule has 1 amide bonds. The second-order valence-electron chi connectivity index (χ2n) is 3.98. The highest BCUT2D eigenvalue weighted by Gasteiger charge is 2.25. The lowest BCUT2D eigenvalue weighted by molar-refractivity contribution is -0.141. The lowest BCUT2D eigenvalue weighted by Gasteiger charge is -2.13. The van der Waals surface area contributed by atoms with Crippen molar-refractivity contribution in [2.75, 3.05) is 5.75 Å². The third-order valence-electron chi connectivity index (χ3n) is 2.32. The van der Waals surface area contributed by atoms with Gasteiger partial charge in [-0.25, -0.2) is 4.79 Å². The van der Waals surface area contributed by atoms with Gasteiger partial charge in [-0.3, -0.25) is 9.35 Å². The molecule has 3 N–H and O–H groups in total. The van der Waals surface area contributed by atoms with Gasteiger partial charge in [-0.15, -0.1) is 0 Å². The fraction of sp³-hybridized carbons (Fsp3) is 0.273. The number of hydrogen-bond donors (Lipinski definition) is 3. The van der Waals surface area contributed by atoms with Crippen LogP contribution in [0.25, 0.3) is 0 Å². The normalized spacial score (nSPS) is 12.7. The van der Waals surface area contributed by atoms with Crippen molar-refractivity contribution in [3.63, 3.8) is 0 Å². The van der Waals surface area contributed by atoms with Crippen molar-refractivity contribution in [3.05, 3.63) is 34.9 Å². The number of carbonyl (C=O) groups excluding carboxylic acids is 1. The Balaban J connectivity index is 2.73. The van der Waals surface area contributed by atoms with Crippen LogP contribution in [-0.2, 0) is 26.1 Å². The molecule has 0 saturated carbocycles. The summed E-state index contributed by atoms with van der Waals surface area (Å²) in [6.07, 6.45) is -0.199. The highest BCUT2D eigenvalue weighted by Crippen LogP contribution is 2.15. The summed E-state index contributed by atoms with van der Waals surface area (Å²) >= 11 is 5.84. The van der Waals surface area contributed by atoms with Gasteiger partial charge in [-0.1, -0.05) is 29.8 Å². The van der Waals surface area contributed by atoms with Crippen LogP contribution in [0.1, 0.15) is 5.56 Å². The van der Waals surface area contributed by atoms with E-state index in [9.17, 15) is 18.0 Å². The maximum Gasteiger partial charge on any atom is 0.327 e. The standard InChI is InChI=1S/C11H12ClNO6S/c12-8-4-2-1-3-7(8)5-10(14)13-9(11(15)16)6-20(17,18)19/h1-4,9H,5-6H2,(H,13,14)(H,15,16)(H,17,18,19). The Labute approximate surface area is 120 Å². The summed E-state index contributed by atoms with van der Waals surface area (Å²) in [7, 11) is -4.52. The number of carboxylic acids is 1. The second kappa shape index (κ2) is 6.69. The van der Waals surface area contributed by atoms with Gasteiger partial charge < -0.3 is 10.4 Å². The van der Waals surface area contributed by atoms with Gasteiger partial charge >= 0.3 is 5.97 Å². The first-order chi connectivity index (χ1) is 9.19. The molecule has 0 bridgehead atoms. The number of carbonyl (C=O) groups is 2. The molecule has 0 saturated heterocycles. The molecular weight excluding hydrogens is 310 g/mol. The molecule has 1 rings (SSSR count). The van der Waals surface area contributed by atoms with Gasteiger partial charge in [0.1, 0.15) is 11.8 Å². The van der Waals surface area contributed by atoms with Crippen LogP contribution in [-0.4, -0.2) is 41.7 Å². The predicted molar refractivity (Wildman–Crippen MR) is 71.1 cm³/mol. The van der Waals surface area contributed by atoms with Crippen LogP contribution in [0, 0.1) is 0 Å². The first kappa shape index (κ1) is 16.4. The highest BCUT2D eigenvalue weighted by atomic mass is 35.5. The maximum atomic E-state index is 11.7. The summed E-state index contributed by atoms with van der Waals surface area (Å²) in [6.45, 7) is 0. The van der Waals surface area contributed by atoms with Gasteiger partial charge in [-0.2, -0.15) is 8.42 Å². The average molecular weight is 322 g/mol. The summed E-state index contributed by atoms with van der Waals surface area (Å²) in [4.78, 5) is 22.5. The summed E-state index contributed by atoms with van der Waals surface area (Å²) in [6, 6.07) is 4.75. The largest absolute Gasteiger partial charge is 0.480 e. The van der Waals surface area contributed by atoms with E-state index < -0.39 is 33.8 Å². The van der Waals surface area contributed by atoms with Gasteiger partial charge in [0, 0.05) is 5.02 Å². The molecule has 110 valence electrons. The molecule has 0 aliphatic carbocycles. The van der Waals surface area contributed by atoms with Crippen LogP contribution in [0.5, 0.6) is 0 Å². The molecule has 0 heterocycles. The Kier molecular flexibility index (Phi) is 5.49. The summed E-state index contributed by atoms with van der Waals surface area (Å²) in [5.41, 5.74) is 0.475. The molecule has 1 unspecified atom stereocenters. The minimum atomic E-state index is -4.52. The number of halogens is 1. The molecule has 0 aliphatic heterocycles. The van der Waals surface area contributed by atoms with Gasteiger partial charge in [0.15, 0.2) is 0 Å². The fourth-order valence-corrected chi connectivity index (χ4v) is 2.30. The zero-order valence-corrected chi connectivity index (χ0v) is 11.7. The van der Waals surface area contributed by atoms with Gasteiger partial charge in [-0.05, 0) is 11.6 Å². The summed E-state index contributed by atoms with van der Waals surface area (Å²) < 4.78 is 29.9. The lowest BCUT2D eigenvalue weighted by Crippen LogP contribution is -2.45. The van der Waals surface area contributed by atoms with Crippen molar-refractivity contribution in [1.29, 1.82) is 0 Å². The predicted octanol–water partition coefficient (Wildman–Crippen LogP) is 0.340. The molecule has 0 aromatic heterocycles. The lowest BCUT2D eigenvalue weighted by atomic mass is 10.1. The molecule has 0 aliphatic rings. The Morgan fingerprint density at radius 1 is 1.30 bits per heavy atom. The monoisotopic (exact) mass is 321 g/mol. The molecule has 0 spiro atoms. The number of benzene rings is 1. The smallest absolute Gasteiger partial charge is 0.327 e. The van der Waals surface area contributed by atoms with Crippen LogP contribution in [0.2, 0.25) is 5.02 Å². The van der Waals surface area contributed by atoms with Crippen molar-refractivity contribution in [3.8, 4) is 0 Å². The molecule has 0 fully saturated rings. The van der Waals surface area contributed by atoms with Gasteiger partial charge in [0.25, 0.3) is 10.1 Å². The molecular formula is C11H12ClNO6S. The first-order valence-electron chi connectivity index (χ1n) is 5.40. The van der Waals surface area contributed by atoms with E-state index in [1.807, 2.05) is 5.32 Å². The molecule has 1 aromatic carbocycles. The van der Waals surface area contributed by atoms with E-state index in [0.717, 1.165) is 0 Å². The third-order valence-corrected chi connectivity index (χ3v) is 3.44.